The molecule has 2 N–H and O–H groups in total. The van der Waals surface area contributed by atoms with Crippen molar-refractivity contribution < 1.29 is 0 Å². The van der Waals surface area contributed by atoms with E-state index in [4.69, 9.17) is 5.73 Å². The van der Waals surface area contributed by atoms with Gasteiger partial charge in [-0.1, -0.05) is 23.1 Å². The van der Waals surface area contributed by atoms with Crippen molar-refractivity contribution in [2.45, 2.75) is 9.24 Å². The molecule has 0 fully saturated rings. The predicted octanol–water partition coefficient (Wildman–Crippen LogP) is 2.82. The van der Waals surface area contributed by atoms with Gasteiger partial charge in [-0.15, -0.1) is 10.2 Å². The average molecular weight is 260 g/mol. The van der Waals surface area contributed by atoms with Crippen LogP contribution >= 0.6 is 23.1 Å². The van der Waals surface area contributed by atoms with Crippen LogP contribution < -0.4 is 5.73 Å². The number of nitrogen functional groups attached to an aromatic ring is 1. The molecule has 4 nitrogen and oxygen atoms in total. The van der Waals surface area contributed by atoms with Crippen molar-refractivity contribution in [2.75, 3.05) is 5.73 Å². The van der Waals surface area contributed by atoms with Crippen molar-refractivity contribution in [3.05, 3.63) is 36.1 Å². The van der Waals surface area contributed by atoms with Crippen LogP contribution in [0.25, 0.3) is 10.8 Å². The molecular formula is C11H8N4S2. The van der Waals surface area contributed by atoms with Gasteiger partial charge in [-0.25, -0.2) is 0 Å². The molecule has 1 aromatic carbocycles. The molecule has 0 saturated heterocycles. The molecule has 2 aromatic heterocycles. The van der Waals surface area contributed by atoms with E-state index in [0.29, 0.717) is 0 Å². The zero-order valence-corrected chi connectivity index (χ0v) is 10.3. The minimum atomic E-state index is 0.768. The van der Waals surface area contributed by atoms with Crippen molar-refractivity contribution in [1.29, 1.82) is 0 Å². The topological polar surface area (TPSA) is 64.7 Å². The molecule has 0 aliphatic rings. The zero-order chi connectivity index (χ0) is 11.7. The molecule has 0 amide bonds. The highest BCUT2D eigenvalue weighted by atomic mass is 32.2. The first-order valence-electron chi connectivity index (χ1n) is 4.91. The number of benzene rings is 1. The van der Waals surface area contributed by atoms with Crippen LogP contribution in [0.2, 0.25) is 0 Å². The van der Waals surface area contributed by atoms with E-state index in [9.17, 15) is 0 Å². The Kier molecular flexibility index (Phi) is 2.66. The first kappa shape index (κ1) is 10.5. The quantitative estimate of drug-likeness (QED) is 0.718. The molecule has 0 radical (unpaired) electrons. The number of fused-ring (bicyclic) bond motifs is 1. The summed E-state index contributed by atoms with van der Waals surface area (Å²) in [4.78, 5) is 5.24. The molecule has 0 unspecified atom stereocenters. The maximum Gasteiger partial charge on any atom is 0.178 e. The molecule has 0 aliphatic heterocycles. The first-order chi connectivity index (χ1) is 8.34. The molecule has 2 heterocycles. The number of hydrogen-bond acceptors (Lipinski definition) is 6. The summed E-state index contributed by atoms with van der Waals surface area (Å²) in [7, 11) is 0. The second-order valence-electron chi connectivity index (χ2n) is 3.38. The first-order valence-corrected chi connectivity index (χ1v) is 6.60. The monoisotopic (exact) mass is 260 g/mol. The lowest BCUT2D eigenvalue weighted by molar-refractivity contribution is 1.01. The Morgan fingerprint density at radius 2 is 2.12 bits per heavy atom. The normalized spacial score (nSPS) is 10.8. The summed E-state index contributed by atoms with van der Waals surface area (Å²) in [6.07, 6.45) is 3.58. The van der Waals surface area contributed by atoms with Crippen LogP contribution in [0.5, 0.6) is 0 Å². The van der Waals surface area contributed by atoms with Crippen LogP contribution in [-0.2, 0) is 0 Å². The second-order valence-corrected chi connectivity index (χ2v) is 5.50. The Hall–Kier alpha value is -1.66. The van der Waals surface area contributed by atoms with Gasteiger partial charge in [0.2, 0.25) is 0 Å². The largest absolute Gasteiger partial charge is 0.398 e. The van der Waals surface area contributed by atoms with Crippen molar-refractivity contribution in [2.24, 2.45) is 0 Å². The van der Waals surface area contributed by atoms with E-state index in [1.807, 2.05) is 24.4 Å². The Morgan fingerprint density at radius 1 is 1.18 bits per heavy atom. The second kappa shape index (κ2) is 4.31. The van der Waals surface area contributed by atoms with Crippen molar-refractivity contribution in [1.82, 2.24) is 15.2 Å². The molecule has 84 valence electrons. The fourth-order valence-electron chi connectivity index (χ4n) is 1.58. The third-order valence-corrected chi connectivity index (χ3v) is 4.20. The van der Waals surface area contributed by atoms with Crippen molar-refractivity contribution in [3.63, 3.8) is 0 Å². The fourth-order valence-corrected chi connectivity index (χ4v) is 3.13. The lowest BCUT2D eigenvalue weighted by atomic mass is 10.1. The van der Waals surface area contributed by atoms with E-state index >= 15 is 0 Å². The van der Waals surface area contributed by atoms with Gasteiger partial charge < -0.3 is 5.73 Å². The Morgan fingerprint density at radius 3 is 2.94 bits per heavy atom. The number of pyridine rings is 1. The van der Waals surface area contributed by atoms with Gasteiger partial charge in [0, 0.05) is 33.7 Å². The van der Waals surface area contributed by atoms with E-state index in [1.54, 1.807) is 23.5 Å². The van der Waals surface area contributed by atoms with E-state index in [2.05, 4.69) is 15.2 Å². The molecule has 0 atom stereocenters. The van der Waals surface area contributed by atoms with Gasteiger partial charge in [0.1, 0.15) is 5.51 Å². The van der Waals surface area contributed by atoms with E-state index in [1.165, 1.54) is 11.3 Å². The molecule has 3 rings (SSSR count). The third kappa shape index (κ3) is 1.96. The van der Waals surface area contributed by atoms with Crippen LogP contribution in [0.1, 0.15) is 0 Å². The Labute approximate surface area is 106 Å². The molecular weight excluding hydrogens is 252 g/mol. The average Bonchev–Trinajstić information content (AvgIpc) is 2.86. The maximum atomic E-state index is 5.94. The Balaban J connectivity index is 2.14. The van der Waals surface area contributed by atoms with Gasteiger partial charge in [-0.2, -0.15) is 0 Å². The van der Waals surface area contributed by atoms with Crippen LogP contribution in [-0.4, -0.2) is 15.2 Å². The van der Waals surface area contributed by atoms with Gasteiger partial charge in [0.05, 0.1) is 0 Å². The third-order valence-electron chi connectivity index (χ3n) is 2.35. The Bertz CT molecular complexity index is 652. The van der Waals surface area contributed by atoms with E-state index in [-0.39, 0.29) is 0 Å². The standard InChI is InChI=1S/C11H8N4S2/c12-9-1-2-10(17-11-15-14-6-16-11)8-5-13-4-3-7(8)9/h1-6H,12H2. The van der Waals surface area contributed by atoms with Crippen LogP contribution in [0.3, 0.4) is 0 Å². The highest BCUT2D eigenvalue weighted by Gasteiger charge is 2.07. The number of nitrogens with two attached hydrogens (primary N) is 1. The minimum absolute atomic E-state index is 0.768. The molecule has 0 saturated carbocycles. The summed E-state index contributed by atoms with van der Waals surface area (Å²) in [5, 5.41) is 9.92. The SMILES string of the molecule is Nc1ccc(Sc2nncs2)c2cnccc12. The number of aromatic nitrogens is 3. The van der Waals surface area contributed by atoms with Crippen molar-refractivity contribution in [3.8, 4) is 0 Å². The smallest absolute Gasteiger partial charge is 0.178 e. The van der Waals surface area contributed by atoms with Gasteiger partial charge >= 0.3 is 0 Å². The number of hydrogen-bond donors (Lipinski definition) is 1. The summed E-state index contributed by atoms with van der Waals surface area (Å²) in [6, 6.07) is 5.83. The lowest BCUT2D eigenvalue weighted by Crippen LogP contribution is -1.88. The van der Waals surface area contributed by atoms with E-state index in [0.717, 1.165) is 25.7 Å². The predicted molar refractivity (Wildman–Crippen MR) is 70.2 cm³/mol. The molecule has 6 heteroatoms. The van der Waals surface area contributed by atoms with Crippen LogP contribution in [0, 0.1) is 0 Å². The number of anilines is 1. The highest BCUT2D eigenvalue weighted by Crippen LogP contribution is 2.35. The molecule has 17 heavy (non-hydrogen) atoms. The van der Waals surface area contributed by atoms with Gasteiger partial charge in [0.15, 0.2) is 4.34 Å². The van der Waals surface area contributed by atoms with Gasteiger partial charge in [-0.3, -0.25) is 4.98 Å². The summed E-state index contributed by atoms with van der Waals surface area (Å²) in [5.41, 5.74) is 8.43. The number of rotatable bonds is 2. The summed E-state index contributed by atoms with van der Waals surface area (Å²) < 4.78 is 0.917. The minimum Gasteiger partial charge on any atom is -0.398 e. The lowest BCUT2D eigenvalue weighted by Gasteiger charge is -2.05. The van der Waals surface area contributed by atoms with E-state index < -0.39 is 0 Å². The highest BCUT2D eigenvalue weighted by molar-refractivity contribution is 8.01. The van der Waals surface area contributed by atoms with Gasteiger partial charge in [-0.05, 0) is 18.2 Å². The fraction of sp³-hybridized carbons (Fsp3) is 0. The molecule has 0 bridgehead atoms. The zero-order valence-electron chi connectivity index (χ0n) is 8.70. The number of nitrogens with zero attached hydrogens (tertiary/aromatic N) is 3. The van der Waals surface area contributed by atoms with Crippen molar-refractivity contribution >= 4 is 39.6 Å². The summed E-state index contributed by atoms with van der Waals surface area (Å²) in [5.74, 6) is 0. The maximum absolute atomic E-state index is 5.94. The molecule has 0 spiro atoms. The summed E-state index contributed by atoms with van der Waals surface area (Å²) >= 11 is 3.10. The van der Waals surface area contributed by atoms with Crippen LogP contribution in [0.4, 0.5) is 5.69 Å². The molecule has 0 aliphatic carbocycles. The summed E-state index contributed by atoms with van der Waals surface area (Å²) in [6.45, 7) is 0. The van der Waals surface area contributed by atoms with Crippen LogP contribution in [0.15, 0.2) is 45.3 Å². The van der Waals surface area contributed by atoms with Gasteiger partial charge in [0.25, 0.3) is 0 Å². The molecule has 3 aromatic rings.